The minimum absolute atomic E-state index is 0.107. The first-order valence-corrected chi connectivity index (χ1v) is 4.57. The first-order chi connectivity index (χ1) is 5.02. The Morgan fingerprint density at radius 3 is 2.45 bits per heavy atom. The highest BCUT2D eigenvalue weighted by Crippen LogP contribution is 2.43. The molecule has 0 aromatic carbocycles. The van der Waals surface area contributed by atoms with Crippen molar-refractivity contribution < 1.29 is 23.9 Å². The van der Waals surface area contributed by atoms with E-state index in [1.807, 2.05) is 0 Å². The number of hydrogen-bond donors (Lipinski definition) is 2. The molecule has 6 heteroatoms. The predicted octanol–water partition coefficient (Wildman–Crippen LogP) is 0.264. The van der Waals surface area contributed by atoms with Crippen LogP contribution in [-0.4, -0.2) is 22.3 Å². The summed E-state index contributed by atoms with van der Waals surface area (Å²) in [6, 6.07) is 0. The Bertz CT molecular complexity index is 211. The van der Waals surface area contributed by atoms with Gasteiger partial charge >= 0.3 is 7.60 Å². The second-order valence-corrected chi connectivity index (χ2v) is 3.29. The van der Waals surface area contributed by atoms with Gasteiger partial charge in [-0.05, 0) is 6.42 Å². The van der Waals surface area contributed by atoms with Crippen LogP contribution in [0.15, 0.2) is 5.50 Å². The standard InChI is InChI=1S/C5H9O5P/c1-2-3-10-5(4-6)11(7,8)9/h2-3H2,1H3,(H2,7,8,9). The Labute approximate surface area is 63.8 Å². The third kappa shape index (κ3) is 3.96. The Kier molecular flexibility index (Phi) is 4.08. The highest BCUT2D eigenvalue weighted by atomic mass is 31.2. The summed E-state index contributed by atoms with van der Waals surface area (Å²) >= 11 is 0. The van der Waals surface area contributed by atoms with Crippen LogP contribution in [0.25, 0.3) is 0 Å². The van der Waals surface area contributed by atoms with Crippen molar-refractivity contribution >= 4 is 13.5 Å². The SMILES string of the molecule is CCCOC(=C=O)P(=O)(O)O. The molecule has 0 unspecified atom stereocenters. The quantitative estimate of drug-likeness (QED) is 0.368. The van der Waals surface area contributed by atoms with Crippen LogP contribution in [0, 0.1) is 0 Å². The zero-order valence-electron chi connectivity index (χ0n) is 5.98. The summed E-state index contributed by atoms with van der Waals surface area (Å²) in [4.78, 5) is 26.7. The fraction of sp³-hybridized carbons (Fsp3) is 0.600. The largest absolute Gasteiger partial charge is 0.478 e. The summed E-state index contributed by atoms with van der Waals surface area (Å²) in [5.41, 5.74) is -0.917. The van der Waals surface area contributed by atoms with Gasteiger partial charge in [0.2, 0.25) is 0 Å². The lowest BCUT2D eigenvalue weighted by Gasteiger charge is -2.05. The lowest BCUT2D eigenvalue weighted by molar-refractivity contribution is 0.218. The Balaban J connectivity index is 4.23. The molecule has 0 fully saturated rings. The van der Waals surface area contributed by atoms with Crippen molar-refractivity contribution in [3.63, 3.8) is 0 Å². The number of carbonyl (C=O) groups excluding carboxylic acids is 1. The third-order valence-electron chi connectivity index (χ3n) is 0.795. The smallest absolute Gasteiger partial charge is 0.402 e. The zero-order chi connectivity index (χ0) is 8.91. The second-order valence-electron chi connectivity index (χ2n) is 1.80. The highest BCUT2D eigenvalue weighted by molar-refractivity contribution is 7.56. The van der Waals surface area contributed by atoms with Crippen molar-refractivity contribution in [2.45, 2.75) is 13.3 Å². The molecule has 2 N–H and O–H groups in total. The molecule has 0 aliphatic rings. The molecular weight excluding hydrogens is 171 g/mol. The van der Waals surface area contributed by atoms with Gasteiger partial charge in [-0.15, -0.1) is 0 Å². The van der Waals surface area contributed by atoms with E-state index in [9.17, 15) is 9.36 Å². The van der Waals surface area contributed by atoms with E-state index in [-0.39, 0.29) is 6.61 Å². The maximum absolute atomic E-state index is 10.3. The van der Waals surface area contributed by atoms with E-state index in [0.29, 0.717) is 6.42 Å². The molecule has 0 aromatic rings. The van der Waals surface area contributed by atoms with Crippen molar-refractivity contribution in [3.05, 3.63) is 5.50 Å². The number of ether oxygens (including phenoxy) is 1. The van der Waals surface area contributed by atoms with Crippen LogP contribution in [0.1, 0.15) is 13.3 Å². The lowest BCUT2D eigenvalue weighted by Crippen LogP contribution is -1.95. The van der Waals surface area contributed by atoms with E-state index < -0.39 is 13.1 Å². The van der Waals surface area contributed by atoms with Gasteiger partial charge in [0.1, 0.15) is 0 Å². The Morgan fingerprint density at radius 2 is 2.18 bits per heavy atom. The van der Waals surface area contributed by atoms with Crippen molar-refractivity contribution in [2.75, 3.05) is 6.61 Å². The monoisotopic (exact) mass is 180 g/mol. The van der Waals surface area contributed by atoms with Gasteiger partial charge in [0.25, 0.3) is 5.50 Å². The van der Waals surface area contributed by atoms with Crippen LogP contribution < -0.4 is 0 Å². The van der Waals surface area contributed by atoms with Crippen LogP contribution in [0.4, 0.5) is 0 Å². The second kappa shape index (κ2) is 4.31. The van der Waals surface area contributed by atoms with Gasteiger partial charge in [0.15, 0.2) is 5.94 Å². The summed E-state index contributed by atoms with van der Waals surface area (Å²) < 4.78 is 14.8. The summed E-state index contributed by atoms with van der Waals surface area (Å²) in [5.74, 6) is 1.06. The average molecular weight is 180 g/mol. The van der Waals surface area contributed by atoms with Crippen LogP contribution in [0.5, 0.6) is 0 Å². The van der Waals surface area contributed by atoms with Gasteiger partial charge in [-0.2, -0.15) is 0 Å². The predicted molar refractivity (Wildman–Crippen MR) is 37.5 cm³/mol. The average Bonchev–Trinajstić information content (AvgIpc) is 1.87. The summed E-state index contributed by atoms with van der Waals surface area (Å²) in [5, 5.41) is 0. The minimum Gasteiger partial charge on any atom is -0.478 e. The van der Waals surface area contributed by atoms with E-state index in [1.54, 1.807) is 6.92 Å². The Morgan fingerprint density at radius 1 is 1.64 bits per heavy atom. The molecule has 0 aromatic heterocycles. The maximum atomic E-state index is 10.3. The molecule has 0 radical (unpaired) electrons. The van der Waals surface area contributed by atoms with Gasteiger partial charge in [-0.3, -0.25) is 4.57 Å². The van der Waals surface area contributed by atoms with Crippen LogP contribution in [-0.2, 0) is 14.1 Å². The molecule has 0 atom stereocenters. The number of hydrogen-bond acceptors (Lipinski definition) is 3. The molecule has 0 amide bonds. The molecule has 0 bridgehead atoms. The van der Waals surface area contributed by atoms with Gasteiger partial charge < -0.3 is 14.5 Å². The molecule has 0 heterocycles. The summed E-state index contributed by atoms with van der Waals surface area (Å²) in [6.45, 7) is 1.86. The fourth-order valence-electron chi connectivity index (χ4n) is 0.372. The summed E-state index contributed by atoms with van der Waals surface area (Å²) in [6.07, 6.45) is 0.575. The lowest BCUT2D eigenvalue weighted by atomic mass is 10.5. The molecule has 0 aliphatic carbocycles. The van der Waals surface area contributed by atoms with E-state index in [4.69, 9.17) is 9.79 Å². The van der Waals surface area contributed by atoms with E-state index in [0.717, 1.165) is 5.94 Å². The van der Waals surface area contributed by atoms with Gasteiger partial charge in [0.05, 0.1) is 6.61 Å². The topological polar surface area (TPSA) is 83.8 Å². The van der Waals surface area contributed by atoms with Crippen LogP contribution in [0.2, 0.25) is 0 Å². The first-order valence-electron chi connectivity index (χ1n) is 2.96. The van der Waals surface area contributed by atoms with E-state index >= 15 is 0 Å². The van der Waals surface area contributed by atoms with Crippen molar-refractivity contribution in [3.8, 4) is 0 Å². The minimum atomic E-state index is -4.53. The molecule has 0 spiro atoms. The highest BCUT2D eigenvalue weighted by Gasteiger charge is 2.23. The number of rotatable bonds is 4. The third-order valence-corrected chi connectivity index (χ3v) is 1.54. The molecule has 64 valence electrons. The maximum Gasteiger partial charge on any atom is 0.402 e. The first kappa shape index (κ1) is 10.4. The Hall–Kier alpha value is -0.600. The molecule has 5 nitrogen and oxygen atoms in total. The zero-order valence-corrected chi connectivity index (χ0v) is 6.88. The van der Waals surface area contributed by atoms with E-state index in [1.165, 1.54) is 0 Å². The van der Waals surface area contributed by atoms with Crippen molar-refractivity contribution in [1.29, 1.82) is 0 Å². The normalized spacial score (nSPS) is 10.5. The van der Waals surface area contributed by atoms with Crippen molar-refractivity contribution in [2.24, 2.45) is 0 Å². The molecule has 0 rings (SSSR count). The molecule has 0 saturated carbocycles. The van der Waals surface area contributed by atoms with Gasteiger partial charge in [0, 0.05) is 0 Å². The summed E-state index contributed by atoms with van der Waals surface area (Å²) in [7, 11) is -4.53. The molecule has 0 saturated heterocycles. The molecule has 0 aliphatic heterocycles. The van der Waals surface area contributed by atoms with Gasteiger partial charge in [-0.1, -0.05) is 6.92 Å². The van der Waals surface area contributed by atoms with Crippen molar-refractivity contribution in [1.82, 2.24) is 0 Å². The fourth-order valence-corrected chi connectivity index (χ4v) is 0.750. The molecular formula is C5H9O5P. The van der Waals surface area contributed by atoms with Gasteiger partial charge in [-0.25, -0.2) is 4.79 Å². The molecule has 11 heavy (non-hydrogen) atoms. The van der Waals surface area contributed by atoms with E-state index in [2.05, 4.69) is 4.74 Å². The van der Waals surface area contributed by atoms with Crippen LogP contribution in [0.3, 0.4) is 0 Å². The van der Waals surface area contributed by atoms with Crippen LogP contribution >= 0.6 is 7.60 Å².